The van der Waals surface area contributed by atoms with Crippen LogP contribution >= 0.6 is 11.8 Å². The van der Waals surface area contributed by atoms with Crippen LogP contribution < -0.4 is 19.5 Å². The SMILES string of the molecule is COc1cc(CN2CCNCC2c2ccccc2OC)c(SC)cc1OC. The Bertz CT molecular complexity index is 769. The Morgan fingerprint density at radius 1 is 1.04 bits per heavy atom. The van der Waals surface area contributed by atoms with Gasteiger partial charge in [-0.15, -0.1) is 11.8 Å². The van der Waals surface area contributed by atoms with Crippen molar-refractivity contribution in [3.05, 3.63) is 47.5 Å². The lowest BCUT2D eigenvalue weighted by Crippen LogP contribution is -2.45. The Morgan fingerprint density at radius 2 is 1.74 bits per heavy atom. The first kappa shape index (κ1) is 19.9. The molecule has 1 heterocycles. The lowest BCUT2D eigenvalue weighted by atomic mass is 10.0. The Labute approximate surface area is 166 Å². The van der Waals surface area contributed by atoms with E-state index in [1.165, 1.54) is 16.0 Å². The molecule has 0 bridgehead atoms. The minimum absolute atomic E-state index is 0.262. The summed E-state index contributed by atoms with van der Waals surface area (Å²) in [6.45, 7) is 3.71. The van der Waals surface area contributed by atoms with Gasteiger partial charge < -0.3 is 19.5 Å². The molecule has 146 valence electrons. The van der Waals surface area contributed by atoms with Gasteiger partial charge in [0, 0.05) is 36.6 Å². The van der Waals surface area contributed by atoms with Crippen molar-refractivity contribution in [3.8, 4) is 17.2 Å². The van der Waals surface area contributed by atoms with Crippen LogP contribution in [-0.4, -0.2) is 52.1 Å². The number of hydrogen-bond donors (Lipinski definition) is 1. The summed E-state index contributed by atoms with van der Waals surface area (Å²) in [6.07, 6.45) is 2.10. The highest BCUT2D eigenvalue weighted by Crippen LogP contribution is 2.37. The zero-order chi connectivity index (χ0) is 19.2. The van der Waals surface area contributed by atoms with Crippen LogP contribution in [0.15, 0.2) is 41.3 Å². The van der Waals surface area contributed by atoms with Crippen molar-refractivity contribution in [2.75, 3.05) is 47.2 Å². The van der Waals surface area contributed by atoms with E-state index in [9.17, 15) is 0 Å². The van der Waals surface area contributed by atoms with E-state index < -0.39 is 0 Å². The van der Waals surface area contributed by atoms with Crippen molar-refractivity contribution in [1.29, 1.82) is 0 Å². The summed E-state index contributed by atoms with van der Waals surface area (Å²) < 4.78 is 16.6. The van der Waals surface area contributed by atoms with Crippen molar-refractivity contribution in [2.45, 2.75) is 17.5 Å². The summed E-state index contributed by atoms with van der Waals surface area (Å²) in [5.41, 5.74) is 2.47. The van der Waals surface area contributed by atoms with Crippen LogP contribution in [0.2, 0.25) is 0 Å². The normalized spacial score (nSPS) is 17.6. The predicted octanol–water partition coefficient (Wildman–Crippen LogP) is 3.58. The lowest BCUT2D eigenvalue weighted by Gasteiger charge is -2.37. The van der Waals surface area contributed by atoms with Crippen molar-refractivity contribution in [1.82, 2.24) is 10.2 Å². The summed E-state index contributed by atoms with van der Waals surface area (Å²) in [5, 5.41) is 3.52. The molecular formula is C21H28N2O3S. The van der Waals surface area contributed by atoms with Gasteiger partial charge in [-0.2, -0.15) is 0 Å². The molecule has 0 saturated carbocycles. The van der Waals surface area contributed by atoms with Gasteiger partial charge in [-0.25, -0.2) is 0 Å². The number of ether oxygens (including phenoxy) is 3. The van der Waals surface area contributed by atoms with E-state index in [1.807, 2.05) is 12.1 Å². The minimum atomic E-state index is 0.262. The van der Waals surface area contributed by atoms with Crippen LogP contribution in [-0.2, 0) is 6.54 Å². The summed E-state index contributed by atoms with van der Waals surface area (Å²) in [5.74, 6) is 2.48. The van der Waals surface area contributed by atoms with Crippen LogP contribution in [0.25, 0.3) is 0 Å². The second-order valence-electron chi connectivity index (χ2n) is 6.45. The van der Waals surface area contributed by atoms with Crippen molar-refractivity contribution in [2.24, 2.45) is 0 Å². The van der Waals surface area contributed by atoms with Crippen molar-refractivity contribution in [3.63, 3.8) is 0 Å². The Kier molecular flexibility index (Phi) is 6.88. The molecule has 1 aliphatic heterocycles. The summed E-state index contributed by atoms with van der Waals surface area (Å²) in [7, 11) is 5.10. The van der Waals surface area contributed by atoms with Gasteiger partial charge in [-0.05, 0) is 30.0 Å². The summed E-state index contributed by atoms with van der Waals surface area (Å²) >= 11 is 1.73. The van der Waals surface area contributed by atoms with Crippen LogP contribution in [0.1, 0.15) is 17.2 Å². The molecule has 1 saturated heterocycles. The van der Waals surface area contributed by atoms with Gasteiger partial charge in [0.15, 0.2) is 11.5 Å². The van der Waals surface area contributed by atoms with Gasteiger partial charge in [0.25, 0.3) is 0 Å². The molecule has 0 spiro atoms. The molecule has 3 rings (SSSR count). The zero-order valence-electron chi connectivity index (χ0n) is 16.5. The maximum absolute atomic E-state index is 5.61. The Balaban J connectivity index is 1.93. The first-order valence-corrected chi connectivity index (χ1v) is 10.3. The number of benzene rings is 2. The van der Waals surface area contributed by atoms with Crippen molar-refractivity contribution >= 4 is 11.8 Å². The average molecular weight is 389 g/mol. The lowest BCUT2D eigenvalue weighted by molar-refractivity contribution is 0.150. The molecular weight excluding hydrogens is 360 g/mol. The third kappa shape index (κ3) is 4.34. The first-order valence-electron chi connectivity index (χ1n) is 9.08. The molecule has 1 N–H and O–H groups in total. The van der Waals surface area contributed by atoms with E-state index in [4.69, 9.17) is 14.2 Å². The molecule has 1 unspecified atom stereocenters. The molecule has 0 aliphatic carbocycles. The van der Waals surface area contributed by atoms with Gasteiger partial charge in [0.2, 0.25) is 0 Å². The number of methoxy groups -OCH3 is 3. The third-order valence-electron chi connectivity index (χ3n) is 5.01. The number of hydrogen-bond acceptors (Lipinski definition) is 6. The largest absolute Gasteiger partial charge is 0.496 e. The van der Waals surface area contributed by atoms with E-state index in [0.717, 1.165) is 43.4 Å². The van der Waals surface area contributed by atoms with Crippen LogP contribution in [0.3, 0.4) is 0 Å². The summed E-state index contributed by atoms with van der Waals surface area (Å²) in [4.78, 5) is 3.72. The number of thioether (sulfide) groups is 1. The maximum Gasteiger partial charge on any atom is 0.161 e. The quantitative estimate of drug-likeness (QED) is 0.732. The van der Waals surface area contributed by atoms with Gasteiger partial charge in [0.05, 0.1) is 27.4 Å². The fraction of sp³-hybridized carbons (Fsp3) is 0.429. The fourth-order valence-corrected chi connectivity index (χ4v) is 4.23. The van der Waals surface area contributed by atoms with E-state index >= 15 is 0 Å². The highest BCUT2D eigenvalue weighted by atomic mass is 32.2. The van der Waals surface area contributed by atoms with E-state index in [2.05, 4.69) is 40.7 Å². The highest BCUT2D eigenvalue weighted by Gasteiger charge is 2.27. The number of rotatable bonds is 7. The van der Waals surface area contributed by atoms with Crippen molar-refractivity contribution < 1.29 is 14.2 Å². The second kappa shape index (κ2) is 9.35. The molecule has 1 fully saturated rings. The number of nitrogens with one attached hydrogen (secondary N) is 1. The number of para-hydroxylation sites is 1. The molecule has 2 aromatic carbocycles. The second-order valence-corrected chi connectivity index (χ2v) is 7.30. The Morgan fingerprint density at radius 3 is 2.44 bits per heavy atom. The molecule has 27 heavy (non-hydrogen) atoms. The standard InChI is InChI=1S/C21H28N2O3S/c1-24-18-8-6-5-7-16(18)17-13-22-9-10-23(17)14-15-11-19(25-2)20(26-3)12-21(15)27-4/h5-8,11-12,17,22H,9-10,13-14H2,1-4H3. The first-order chi connectivity index (χ1) is 13.2. The average Bonchev–Trinajstić information content (AvgIpc) is 2.73. The van der Waals surface area contributed by atoms with Gasteiger partial charge >= 0.3 is 0 Å². The van der Waals surface area contributed by atoms with E-state index in [-0.39, 0.29) is 6.04 Å². The monoisotopic (exact) mass is 388 g/mol. The molecule has 1 aliphatic rings. The van der Waals surface area contributed by atoms with Crippen LogP contribution in [0, 0.1) is 0 Å². The van der Waals surface area contributed by atoms with Crippen LogP contribution in [0.4, 0.5) is 0 Å². The smallest absolute Gasteiger partial charge is 0.161 e. The molecule has 0 aromatic heterocycles. The predicted molar refractivity (Wildman–Crippen MR) is 110 cm³/mol. The van der Waals surface area contributed by atoms with E-state index in [0.29, 0.717) is 0 Å². The molecule has 5 nitrogen and oxygen atoms in total. The van der Waals surface area contributed by atoms with E-state index in [1.54, 1.807) is 33.1 Å². The minimum Gasteiger partial charge on any atom is -0.496 e. The third-order valence-corrected chi connectivity index (χ3v) is 5.83. The van der Waals surface area contributed by atoms with Gasteiger partial charge in [0.1, 0.15) is 5.75 Å². The van der Waals surface area contributed by atoms with Gasteiger partial charge in [-0.3, -0.25) is 4.90 Å². The number of nitrogens with zero attached hydrogens (tertiary/aromatic N) is 1. The molecule has 2 aromatic rings. The zero-order valence-corrected chi connectivity index (χ0v) is 17.3. The molecule has 0 amide bonds. The molecule has 0 radical (unpaired) electrons. The maximum atomic E-state index is 5.61. The number of piperazine rings is 1. The molecule has 6 heteroatoms. The van der Waals surface area contributed by atoms with Gasteiger partial charge in [-0.1, -0.05) is 18.2 Å². The molecule has 1 atom stereocenters. The highest BCUT2D eigenvalue weighted by molar-refractivity contribution is 7.98. The Hall–Kier alpha value is -1.89. The fourth-order valence-electron chi connectivity index (χ4n) is 3.62. The summed E-state index contributed by atoms with van der Waals surface area (Å²) in [6, 6.07) is 12.7. The van der Waals surface area contributed by atoms with Crippen LogP contribution in [0.5, 0.6) is 17.2 Å². The topological polar surface area (TPSA) is 43.0 Å².